The number of rotatable bonds is 10. The highest BCUT2D eigenvalue weighted by Crippen LogP contribution is 2.13. The lowest BCUT2D eigenvalue weighted by Gasteiger charge is -2.26. The van der Waals surface area contributed by atoms with Crippen LogP contribution in [-0.4, -0.2) is 40.4 Å². The van der Waals surface area contributed by atoms with Gasteiger partial charge in [-0.1, -0.05) is 56.3 Å². The fourth-order valence-corrected chi connectivity index (χ4v) is 3.12. The van der Waals surface area contributed by atoms with Crippen molar-refractivity contribution in [2.24, 2.45) is 5.92 Å². The van der Waals surface area contributed by atoms with Crippen LogP contribution in [0.3, 0.4) is 0 Å². The highest BCUT2D eigenvalue weighted by atomic mass is 16.5. The number of carbonyl (C=O) groups excluding carboxylic acids is 2. The largest absolute Gasteiger partial charge is 0.508 e. The minimum atomic E-state index is -0.803. The molecular formula is C24H32N2O5. The van der Waals surface area contributed by atoms with Crippen molar-refractivity contribution in [2.75, 3.05) is 0 Å². The van der Waals surface area contributed by atoms with Gasteiger partial charge in [-0.2, -0.15) is 0 Å². The molecule has 168 valence electrons. The maximum atomic E-state index is 12.9. The van der Waals surface area contributed by atoms with E-state index in [-0.39, 0.29) is 24.2 Å². The lowest BCUT2D eigenvalue weighted by Crippen LogP contribution is -2.53. The van der Waals surface area contributed by atoms with Gasteiger partial charge in [-0.25, -0.2) is 4.79 Å². The first kappa shape index (κ1) is 24.2. The summed E-state index contributed by atoms with van der Waals surface area (Å²) in [4.78, 5) is 25.2. The quantitative estimate of drug-likeness (QED) is 0.465. The summed E-state index contributed by atoms with van der Waals surface area (Å²) >= 11 is 0. The summed E-state index contributed by atoms with van der Waals surface area (Å²) < 4.78 is 5.25. The summed E-state index contributed by atoms with van der Waals surface area (Å²) in [6, 6.07) is 14.5. The lowest BCUT2D eigenvalue weighted by molar-refractivity contribution is -0.125. The molecule has 0 bridgehead atoms. The monoisotopic (exact) mass is 428 g/mol. The fraction of sp³-hybridized carbons (Fsp3) is 0.417. The second-order valence-corrected chi connectivity index (χ2v) is 8.11. The molecule has 2 aromatic rings. The van der Waals surface area contributed by atoms with E-state index in [0.717, 1.165) is 11.1 Å². The molecule has 2 aromatic carbocycles. The van der Waals surface area contributed by atoms with Gasteiger partial charge < -0.3 is 25.6 Å². The second kappa shape index (κ2) is 12.0. The molecular weight excluding hydrogens is 396 g/mol. The smallest absolute Gasteiger partial charge is 0.408 e. The van der Waals surface area contributed by atoms with Crippen molar-refractivity contribution in [3.05, 3.63) is 65.7 Å². The molecule has 7 nitrogen and oxygen atoms in total. The number of aliphatic hydroxyl groups is 1. The van der Waals surface area contributed by atoms with Gasteiger partial charge in [0, 0.05) is 0 Å². The average Bonchev–Trinajstić information content (AvgIpc) is 2.73. The van der Waals surface area contributed by atoms with Gasteiger partial charge in [-0.05, 0) is 48.9 Å². The summed E-state index contributed by atoms with van der Waals surface area (Å²) in [5, 5.41) is 25.1. The Balaban J connectivity index is 1.98. The standard InChI is InChI=1S/C24H32N2O5/c1-16(2)13-22(26-24(30)31-15-19-7-5-4-6-8-19)23(29)25-21(17(3)27)14-18-9-11-20(28)12-10-18/h4-12,16-17,21-22,27-28H,13-15H2,1-3H3,(H,25,29)(H,26,30)/t17-,21-,22-/m0/s1. The van der Waals surface area contributed by atoms with E-state index in [2.05, 4.69) is 10.6 Å². The molecule has 0 saturated heterocycles. The van der Waals surface area contributed by atoms with Crippen LogP contribution in [0.2, 0.25) is 0 Å². The lowest BCUT2D eigenvalue weighted by atomic mass is 9.99. The minimum absolute atomic E-state index is 0.111. The maximum absolute atomic E-state index is 12.9. The summed E-state index contributed by atoms with van der Waals surface area (Å²) in [5.41, 5.74) is 1.71. The molecule has 0 aromatic heterocycles. The predicted molar refractivity (Wildman–Crippen MR) is 118 cm³/mol. The number of aliphatic hydroxyl groups excluding tert-OH is 1. The maximum Gasteiger partial charge on any atom is 0.408 e. The Morgan fingerprint density at radius 3 is 2.16 bits per heavy atom. The first-order valence-electron chi connectivity index (χ1n) is 10.5. The number of phenols is 1. The zero-order valence-corrected chi connectivity index (χ0v) is 18.2. The van der Waals surface area contributed by atoms with Crippen molar-refractivity contribution in [3.63, 3.8) is 0 Å². The van der Waals surface area contributed by atoms with Gasteiger partial charge in [-0.15, -0.1) is 0 Å². The third kappa shape index (κ3) is 8.68. The molecule has 3 atom stereocenters. The summed E-state index contributed by atoms with van der Waals surface area (Å²) in [5.74, 6) is -0.0705. The molecule has 0 radical (unpaired) electrons. The van der Waals surface area contributed by atoms with Crippen LogP contribution in [0.1, 0.15) is 38.3 Å². The van der Waals surface area contributed by atoms with Crippen molar-refractivity contribution in [2.45, 2.75) is 58.4 Å². The van der Waals surface area contributed by atoms with Crippen molar-refractivity contribution in [3.8, 4) is 5.75 Å². The van der Waals surface area contributed by atoms with Gasteiger partial charge in [0.05, 0.1) is 12.1 Å². The molecule has 0 spiro atoms. The molecule has 2 amide bonds. The Kier molecular flexibility index (Phi) is 9.34. The highest BCUT2D eigenvalue weighted by Gasteiger charge is 2.26. The minimum Gasteiger partial charge on any atom is -0.508 e. The normalized spacial score (nSPS) is 13.8. The number of ether oxygens (including phenoxy) is 1. The highest BCUT2D eigenvalue weighted by molar-refractivity contribution is 5.85. The molecule has 0 aliphatic rings. The van der Waals surface area contributed by atoms with Crippen molar-refractivity contribution in [1.29, 1.82) is 0 Å². The van der Waals surface area contributed by atoms with Crippen LogP contribution in [0.5, 0.6) is 5.75 Å². The summed E-state index contributed by atoms with van der Waals surface area (Å²) in [7, 11) is 0. The number of amides is 2. The first-order chi connectivity index (χ1) is 14.7. The van der Waals surface area contributed by atoms with Crippen LogP contribution in [0.4, 0.5) is 4.79 Å². The van der Waals surface area contributed by atoms with E-state index in [9.17, 15) is 19.8 Å². The molecule has 0 aliphatic carbocycles. The van der Waals surface area contributed by atoms with Crippen molar-refractivity contribution >= 4 is 12.0 Å². The number of hydrogen-bond acceptors (Lipinski definition) is 5. The predicted octanol–water partition coefficient (Wildman–Crippen LogP) is 3.14. The number of nitrogens with one attached hydrogen (secondary N) is 2. The molecule has 0 heterocycles. The number of aromatic hydroxyl groups is 1. The van der Waals surface area contributed by atoms with Crippen LogP contribution < -0.4 is 10.6 Å². The Labute approximate surface area is 183 Å². The fourth-order valence-electron chi connectivity index (χ4n) is 3.12. The topological polar surface area (TPSA) is 108 Å². The van der Waals surface area contributed by atoms with Crippen LogP contribution in [0.25, 0.3) is 0 Å². The SMILES string of the molecule is CC(C)C[C@H](NC(=O)OCc1ccccc1)C(=O)N[C@@H](Cc1ccc(O)cc1)[C@H](C)O. The second-order valence-electron chi connectivity index (χ2n) is 8.11. The molecule has 0 saturated carbocycles. The number of hydrogen-bond donors (Lipinski definition) is 4. The van der Waals surface area contributed by atoms with Crippen molar-refractivity contribution in [1.82, 2.24) is 10.6 Å². The summed E-state index contributed by atoms with van der Waals surface area (Å²) in [6.45, 7) is 5.63. The van der Waals surface area contributed by atoms with Crippen LogP contribution in [0.15, 0.2) is 54.6 Å². The van der Waals surface area contributed by atoms with E-state index in [1.165, 1.54) is 0 Å². The number of alkyl carbamates (subject to hydrolysis) is 1. The van der Waals surface area contributed by atoms with E-state index in [4.69, 9.17) is 4.74 Å². The van der Waals surface area contributed by atoms with E-state index in [1.54, 1.807) is 31.2 Å². The molecule has 0 fully saturated rings. The molecule has 0 aliphatic heterocycles. The van der Waals surface area contributed by atoms with E-state index >= 15 is 0 Å². The van der Waals surface area contributed by atoms with E-state index in [1.807, 2.05) is 44.2 Å². The Hall–Kier alpha value is -3.06. The van der Waals surface area contributed by atoms with Crippen LogP contribution in [-0.2, 0) is 22.6 Å². The molecule has 2 rings (SSSR count). The van der Waals surface area contributed by atoms with E-state index < -0.39 is 24.3 Å². The molecule has 7 heteroatoms. The third-order valence-electron chi connectivity index (χ3n) is 4.83. The number of carbonyl (C=O) groups is 2. The molecule has 0 unspecified atom stereocenters. The van der Waals surface area contributed by atoms with Crippen molar-refractivity contribution < 1.29 is 24.5 Å². The zero-order chi connectivity index (χ0) is 22.8. The Morgan fingerprint density at radius 2 is 1.58 bits per heavy atom. The first-order valence-corrected chi connectivity index (χ1v) is 10.5. The Bertz CT molecular complexity index is 822. The Morgan fingerprint density at radius 1 is 0.935 bits per heavy atom. The summed E-state index contributed by atoms with van der Waals surface area (Å²) in [6.07, 6.45) is -0.659. The van der Waals surface area contributed by atoms with Gasteiger partial charge in [0.25, 0.3) is 0 Å². The van der Waals surface area contributed by atoms with Gasteiger partial charge in [0.1, 0.15) is 18.4 Å². The van der Waals surface area contributed by atoms with Crippen LogP contribution >= 0.6 is 0 Å². The third-order valence-corrected chi connectivity index (χ3v) is 4.83. The molecule has 31 heavy (non-hydrogen) atoms. The van der Waals surface area contributed by atoms with Gasteiger partial charge in [0.15, 0.2) is 0 Å². The van der Waals surface area contributed by atoms with Gasteiger partial charge in [-0.3, -0.25) is 4.79 Å². The zero-order valence-electron chi connectivity index (χ0n) is 18.2. The molecule has 4 N–H and O–H groups in total. The average molecular weight is 429 g/mol. The van der Waals surface area contributed by atoms with Crippen LogP contribution in [0, 0.1) is 5.92 Å². The van der Waals surface area contributed by atoms with E-state index in [0.29, 0.717) is 12.8 Å². The van der Waals surface area contributed by atoms with Gasteiger partial charge in [0.2, 0.25) is 5.91 Å². The number of benzene rings is 2. The van der Waals surface area contributed by atoms with Gasteiger partial charge >= 0.3 is 6.09 Å². The number of phenolic OH excluding ortho intramolecular Hbond substituents is 1.